The lowest BCUT2D eigenvalue weighted by atomic mass is 9.97. The Morgan fingerprint density at radius 3 is 2.15 bits per heavy atom. The third kappa shape index (κ3) is 3.81. The molecular weight excluding hydrogens is 439 g/mol. The average Bonchev–Trinajstić information content (AvgIpc) is 3.05. The summed E-state index contributed by atoms with van der Waals surface area (Å²) < 4.78 is 14.8. The van der Waals surface area contributed by atoms with Gasteiger partial charge in [0, 0.05) is 22.3 Å². The third-order valence-corrected chi connectivity index (χ3v) is 5.95. The van der Waals surface area contributed by atoms with Gasteiger partial charge in [0.15, 0.2) is 0 Å². The van der Waals surface area contributed by atoms with Crippen LogP contribution in [-0.2, 0) is 6.54 Å². The van der Waals surface area contributed by atoms with Crippen molar-refractivity contribution in [2.24, 2.45) is 0 Å². The summed E-state index contributed by atoms with van der Waals surface area (Å²) in [5.41, 5.74) is 4.59. The van der Waals surface area contributed by atoms with Gasteiger partial charge in [0.05, 0.1) is 23.4 Å². The number of aryl methyl sites for hydroxylation is 1. The van der Waals surface area contributed by atoms with Gasteiger partial charge in [0.2, 0.25) is 0 Å². The van der Waals surface area contributed by atoms with E-state index in [1.165, 1.54) is 11.0 Å². The molecule has 1 aliphatic heterocycles. The number of imide groups is 1. The highest BCUT2D eigenvalue weighted by molar-refractivity contribution is 6.30. The number of amides is 2. The maximum absolute atomic E-state index is 14.8. The normalized spacial score (nSPS) is 12.9. The molecule has 0 unspecified atom stereocenters. The lowest BCUT2D eigenvalue weighted by Crippen LogP contribution is -2.29. The van der Waals surface area contributed by atoms with Crippen molar-refractivity contribution in [1.29, 1.82) is 0 Å². The van der Waals surface area contributed by atoms with Gasteiger partial charge in [-0.1, -0.05) is 41.9 Å². The Morgan fingerprint density at radius 2 is 1.52 bits per heavy atom. The SMILES string of the molecule is Cc1ccc(-c2ncc(CN3C(=O)c4ccccc4C3=O)cc2-c2ccc(Cl)cc2)c(F)c1. The van der Waals surface area contributed by atoms with Crippen LogP contribution in [0.5, 0.6) is 0 Å². The number of halogens is 2. The van der Waals surface area contributed by atoms with Crippen molar-refractivity contribution in [2.45, 2.75) is 13.5 Å². The van der Waals surface area contributed by atoms with Crippen LogP contribution >= 0.6 is 11.6 Å². The molecule has 0 N–H and O–H groups in total. The van der Waals surface area contributed by atoms with Crippen LogP contribution in [0.2, 0.25) is 5.02 Å². The van der Waals surface area contributed by atoms with Crippen LogP contribution in [0.1, 0.15) is 31.8 Å². The maximum Gasteiger partial charge on any atom is 0.261 e. The summed E-state index contributed by atoms with van der Waals surface area (Å²) in [4.78, 5) is 31.3. The molecule has 5 rings (SSSR count). The number of carbonyl (C=O) groups is 2. The van der Waals surface area contributed by atoms with Crippen LogP contribution in [0, 0.1) is 12.7 Å². The summed E-state index contributed by atoms with van der Waals surface area (Å²) in [7, 11) is 0. The maximum atomic E-state index is 14.8. The van der Waals surface area contributed by atoms with Gasteiger partial charge < -0.3 is 0 Å². The topological polar surface area (TPSA) is 50.3 Å². The molecule has 0 bridgehead atoms. The zero-order chi connectivity index (χ0) is 23.1. The van der Waals surface area contributed by atoms with E-state index >= 15 is 0 Å². The first-order valence-electron chi connectivity index (χ1n) is 10.4. The van der Waals surface area contributed by atoms with E-state index in [0.29, 0.717) is 38.5 Å². The lowest BCUT2D eigenvalue weighted by Gasteiger charge is -2.17. The molecule has 0 radical (unpaired) electrons. The Kier molecular flexibility index (Phi) is 5.27. The van der Waals surface area contributed by atoms with Gasteiger partial charge >= 0.3 is 0 Å². The number of aromatic nitrogens is 1. The van der Waals surface area contributed by atoms with E-state index in [4.69, 9.17) is 11.6 Å². The van der Waals surface area contributed by atoms with Gasteiger partial charge in [-0.15, -0.1) is 0 Å². The molecule has 0 atom stereocenters. The second-order valence-electron chi connectivity index (χ2n) is 7.97. The van der Waals surface area contributed by atoms with E-state index in [9.17, 15) is 14.0 Å². The van der Waals surface area contributed by atoms with E-state index in [2.05, 4.69) is 4.98 Å². The molecule has 0 spiro atoms. The quantitative estimate of drug-likeness (QED) is 0.338. The zero-order valence-corrected chi connectivity index (χ0v) is 18.4. The van der Waals surface area contributed by atoms with E-state index in [1.54, 1.807) is 48.7 Å². The third-order valence-electron chi connectivity index (χ3n) is 5.70. The van der Waals surface area contributed by atoms with Gasteiger partial charge in [-0.05, 0) is 66.1 Å². The number of pyridine rings is 1. The van der Waals surface area contributed by atoms with Crippen LogP contribution in [0.3, 0.4) is 0 Å². The fourth-order valence-corrected chi connectivity index (χ4v) is 4.16. The summed E-state index contributed by atoms with van der Waals surface area (Å²) in [6.45, 7) is 1.89. The Morgan fingerprint density at radius 1 is 0.848 bits per heavy atom. The predicted octanol–water partition coefficient (Wildman–Crippen LogP) is 6.31. The van der Waals surface area contributed by atoms with Crippen molar-refractivity contribution < 1.29 is 14.0 Å². The molecular formula is C27H18ClFN2O2. The fraction of sp³-hybridized carbons (Fsp3) is 0.0741. The fourth-order valence-electron chi connectivity index (χ4n) is 4.04. The summed E-state index contributed by atoms with van der Waals surface area (Å²) in [6, 6.07) is 20.8. The summed E-state index contributed by atoms with van der Waals surface area (Å²) in [5.74, 6) is -1.04. The van der Waals surface area contributed by atoms with Gasteiger partial charge in [-0.25, -0.2) is 4.39 Å². The van der Waals surface area contributed by atoms with Gasteiger partial charge in [0.1, 0.15) is 5.82 Å². The number of fused-ring (bicyclic) bond motifs is 1. The van der Waals surface area contributed by atoms with Gasteiger partial charge in [-0.3, -0.25) is 19.5 Å². The molecule has 1 aliphatic rings. The summed E-state index contributed by atoms with van der Waals surface area (Å²) >= 11 is 6.06. The van der Waals surface area contributed by atoms with Crippen molar-refractivity contribution >= 4 is 23.4 Å². The number of nitrogens with zero attached hydrogens (tertiary/aromatic N) is 2. The van der Waals surface area contributed by atoms with E-state index in [1.807, 2.05) is 31.2 Å². The molecule has 1 aromatic heterocycles. The zero-order valence-electron chi connectivity index (χ0n) is 17.7. The molecule has 2 amide bonds. The highest BCUT2D eigenvalue weighted by Crippen LogP contribution is 2.34. The average molecular weight is 457 g/mol. The Hall–Kier alpha value is -3.83. The van der Waals surface area contributed by atoms with Crippen molar-refractivity contribution in [3.63, 3.8) is 0 Å². The summed E-state index contributed by atoms with van der Waals surface area (Å²) in [6.07, 6.45) is 1.58. The molecule has 0 saturated carbocycles. The second-order valence-corrected chi connectivity index (χ2v) is 8.41. The lowest BCUT2D eigenvalue weighted by molar-refractivity contribution is 0.0642. The predicted molar refractivity (Wildman–Crippen MR) is 125 cm³/mol. The molecule has 0 aliphatic carbocycles. The molecule has 4 nitrogen and oxygen atoms in total. The Labute approximate surface area is 195 Å². The highest BCUT2D eigenvalue weighted by Gasteiger charge is 2.35. The van der Waals surface area contributed by atoms with E-state index < -0.39 is 0 Å². The highest BCUT2D eigenvalue weighted by atomic mass is 35.5. The first-order valence-corrected chi connectivity index (χ1v) is 10.8. The number of hydrogen-bond donors (Lipinski definition) is 0. The minimum atomic E-state index is -0.370. The van der Waals surface area contributed by atoms with Crippen molar-refractivity contribution in [1.82, 2.24) is 9.88 Å². The molecule has 4 aromatic rings. The van der Waals surface area contributed by atoms with Crippen LogP contribution in [0.15, 0.2) is 79.0 Å². The number of rotatable bonds is 4. The minimum Gasteiger partial charge on any atom is -0.270 e. The summed E-state index contributed by atoms with van der Waals surface area (Å²) in [5, 5.41) is 0.581. The van der Waals surface area contributed by atoms with Crippen molar-refractivity contribution in [2.75, 3.05) is 0 Å². The van der Waals surface area contributed by atoms with Crippen LogP contribution < -0.4 is 0 Å². The standard InChI is InChI=1S/C27H18ClFN2O2/c1-16-6-11-22(24(29)12-16)25-23(18-7-9-19(28)10-8-18)13-17(14-30-25)15-31-26(32)20-4-2-3-5-21(20)27(31)33/h2-14H,15H2,1H3. The Bertz CT molecular complexity index is 1380. The van der Waals surface area contributed by atoms with Crippen molar-refractivity contribution in [3.8, 4) is 22.4 Å². The second kappa shape index (κ2) is 8.26. The first kappa shape index (κ1) is 21.0. The van der Waals surface area contributed by atoms with Gasteiger partial charge in [0.25, 0.3) is 11.8 Å². The molecule has 162 valence electrons. The largest absolute Gasteiger partial charge is 0.270 e. The number of benzene rings is 3. The monoisotopic (exact) mass is 456 g/mol. The van der Waals surface area contributed by atoms with E-state index in [-0.39, 0.29) is 24.2 Å². The van der Waals surface area contributed by atoms with E-state index in [0.717, 1.165) is 11.1 Å². The van der Waals surface area contributed by atoms with Crippen LogP contribution in [-0.4, -0.2) is 21.7 Å². The smallest absolute Gasteiger partial charge is 0.261 e. The number of carbonyl (C=O) groups excluding carboxylic acids is 2. The van der Waals surface area contributed by atoms with Crippen LogP contribution in [0.25, 0.3) is 22.4 Å². The molecule has 0 fully saturated rings. The molecule has 0 saturated heterocycles. The molecule has 3 aromatic carbocycles. The molecule has 2 heterocycles. The minimum absolute atomic E-state index is 0.0661. The van der Waals surface area contributed by atoms with Gasteiger partial charge in [-0.2, -0.15) is 0 Å². The molecule has 33 heavy (non-hydrogen) atoms. The van der Waals surface area contributed by atoms with Crippen LogP contribution in [0.4, 0.5) is 4.39 Å². The first-order chi connectivity index (χ1) is 15.9. The number of hydrogen-bond acceptors (Lipinski definition) is 3. The van der Waals surface area contributed by atoms with Crippen molar-refractivity contribution in [3.05, 3.63) is 112 Å². The molecule has 6 heteroatoms. The Balaban J connectivity index is 1.58.